The molecule has 0 aromatic rings. The summed E-state index contributed by atoms with van der Waals surface area (Å²) in [6.07, 6.45) is 7.94. The smallest absolute Gasteiger partial charge is 0.143 e. The van der Waals surface area contributed by atoms with Gasteiger partial charge in [-0.15, -0.1) is 0 Å². The van der Waals surface area contributed by atoms with Gasteiger partial charge >= 0.3 is 0 Å². The third-order valence-corrected chi connectivity index (χ3v) is 1.81. The topological polar surface area (TPSA) is 44.9 Å². The minimum atomic E-state index is 0.224. The van der Waals surface area contributed by atoms with Crippen molar-refractivity contribution in [2.45, 2.75) is 6.17 Å². The van der Waals surface area contributed by atoms with Crippen molar-refractivity contribution >= 4 is 5.84 Å². The summed E-state index contributed by atoms with van der Waals surface area (Å²) in [5, 5.41) is 5.94. The van der Waals surface area contributed by atoms with E-state index in [-0.39, 0.29) is 6.17 Å². The van der Waals surface area contributed by atoms with E-state index in [0.29, 0.717) is 5.84 Å². The number of hydrogen-bond acceptors (Lipinski definition) is 4. The molecule has 0 saturated carbocycles. The van der Waals surface area contributed by atoms with Gasteiger partial charge in [-0.25, -0.2) is 5.01 Å². The molecule has 0 radical (unpaired) electrons. The molecule has 2 heterocycles. The summed E-state index contributed by atoms with van der Waals surface area (Å²) in [6, 6.07) is 0. The molecule has 0 spiro atoms. The Morgan fingerprint density at radius 3 is 3.18 bits per heavy atom. The lowest BCUT2D eigenvalue weighted by Gasteiger charge is -2.26. The average molecular weight is 150 g/mol. The molecule has 2 aliphatic rings. The molecule has 0 bridgehead atoms. The largest absolute Gasteiger partial charge is 0.382 e. The van der Waals surface area contributed by atoms with Crippen LogP contribution in [0.5, 0.6) is 0 Å². The molecular formula is C7H10N4. The Labute approximate surface area is 65.3 Å². The van der Waals surface area contributed by atoms with E-state index < -0.39 is 0 Å². The van der Waals surface area contributed by atoms with Crippen LogP contribution in [0.4, 0.5) is 0 Å². The predicted octanol–water partition coefficient (Wildman–Crippen LogP) is -0.127. The summed E-state index contributed by atoms with van der Waals surface area (Å²) in [5.41, 5.74) is 5.51. The Morgan fingerprint density at radius 2 is 2.36 bits per heavy atom. The van der Waals surface area contributed by atoms with Gasteiger partial charge in [0.25, 0.3) is 0 Å². The Hall–Kier alpha value is -1.45. The Morgan fingerprint density at radius 1 is 1.55 bits per heavy atom. The Balaban J connectivity index is 2.26. The van der Waals surface area contributed by atoms with Crippen molar-refractivity contribution in [1.82, 2.24) is 9.91 Å². The highest BCUT2D eigenvalue weighted by molar-refractivity contribution is 5.91. The molecule has 2 N–H and O–H groups in total. The van der Waals surface area contributed by atoms with Gasteiger partial charge in [-0.2, -0.15) is 5.10 Å². The van der Waals surface area contributed by atoms with E-state index in [0.717, 1.165) is 0 Å². The van der Waals surface area contributed by atoms with E-state index in [1.54, 1.807) is 0 Å². The number of hydrazone groups is 1. The Kier molecular flexibility index (Phi) is 1.15. The van der Waals surface area contributed by atoms with E-state index >= 15 is 0 Å². The van der Waals surface area contributed by atoms with Gasteiger partial charge in [0.1, 0.15) is 12.0 Å². The minimum absolute atomic E-state index is 0.224. The molecule has 0 aromatic carbocycles. The van der Waals surface area contributed by atoms with Crippen LogP contribution in [-0.2, 0) is 0 Å². The first kappa shape index (κ1) is 6.27. The van der Waals surface area contributed by atoms with E-state index in [2.05, 4.69) is 10.0 Å². The fourth-order valence-electron chi connectivity index (χ4n) is 1.20. The summed E-state index contributed by atoms with van der Waals surface area (Å²) < 4.78 is 0. The summed E-state index contributed by atoms with van der Waals surface area (Å²) >= 11 is 0. The van der Waals surface area contributed by atoms with Gasteiger partial charge in [0, 0.05) is 19.4 Å². The average Bonchev–Trinajstić information content (AvgIpc) is 2.32. The van der Waals surface area contributed by atoms with Crippen molar-refractivity contribution in [3.8, 4) is 0 Å². The maximum absolute atomic E-state index is 5.51. The van der Waals surface area contributed by atoms with Crippen molar-refractivity contribution in [1.29, 1.82) is 0 Å². The SMILES string of the molecule is CN1C=CN2N=C(N)C=CC12. The van der Waals surface area contributed by atoms with Crippen molar-refractivity contribution in [2.24, 2.45) is 10.8 Å². The van der Waals surface area contributed by atoms with Crippen LogP contribution in [0.15, 0.2) is 29.7 Å². The highest BCUT2D eigenvalue weighted by Gasteiger charge is 2.22. The van der Waals surface area contributed by atoms with E-state index in [1.807, 2.05) is 36.6 Å². The summed E-state index contributed by atoms with van der Waals surface area (Å²) in [6.45, 7) is 0. The first-order valence-corrected chi connectivity index (χ1v) is 3.48. The molecule has 58 valence electrons. The third kappa shape index (κ3) is 0.869. The van der Waals surface area contributed by atoms with Crippen LogP contribution in [0, 0.1) is 0 Å². The number of rotatable bonds is 0. The molecule has 2 rings (SSSR count). The Bertz CT molecular complexity index is 253. The molecule has 1 unspecified atom stereocenters. The number of nitrogens with zero attached hydrogens (tertiary/aromatic N) is 3. The van der Waals surface area contributed by atoms with Gasteiger partial charge < -0.3 is 10.6 Å². The number of nitrogens with two attached hydrogens (primary N) is 1. The normalized spacial score (nSPS) is 27.4. The van der Waals surface area contributed by atoms with Gasteiger partial charge in [0.05, 0.1) is 0 Å². The van der Waals surface area contributed by atoms with Crippen molar-refractivity contribution in [2.75, 3.05) is 7.05 Å². The zero-order valence-corrected chi connectivity index (χ0v) is 6.31. The molecule has 0 fully saturated rings. The highest BCUT2D eigenvalue weighted by atomic mass is 15.6. The second-order valence-corrected chi connectivity index (χ2v) is 2.64. The van der Waals surface area contributed by atoms with Gasteiger partial charge in [-0.1, -0.05) is 0 Å². The molecule has 4 heteroatoms. The third-order valence-electron chi connectivity index (χ3n) is 1.81. The maximum atomic E-state index is 5.51. The lowest BCUT2D eigenvalue weighted by atomic mass is 10.3. The number of amidine groups is 1. The molecule has 11 heavy (non-hydrogen) atoms. The van der Waals surface area contributed by atoms with E-state index in [4.69, 9.17) is 5.73 Å². The molecule has 2 aliphatic heterocycles. The van der Waals surface area contributed by atoms with Crippen LogP contribution >= 0.6 is 0 Å². The van der Waals surface area contributed by atoms with Crippen LogP contribution in [0.3, 0.4) is 0 Å². The minimum Gasteiger partial charge on any atom is -0.382 e. The second kappa shape index (κ2) is 2.02. The number of likely N-dealkylation sites (N-methyl/N-ethyl adjacent to an activating group) is 1. The van der Waals surface area contributed by atoms with E-state index in [9.17, 15) is 0 Å². The van der Waals surface area contributed by atoms with Gasteiger partial charge in [0.15, 0.2) is 0 Å². The molecule has 1 atom stereocenters. The highest BCUT2D eigenvalue weighted by Crippen LogP contribution is 2.17. The van der Waals surface area contributed by atoms with Crippen molar-refractivity contribution < 1.29 is 0 Å². The van der Waals surface area contributed by atoms with Crippen LogP contribution in [0.2, 0.25) is 0 Å². The van der Waals surface area contributed by atoms with Crippen LogP contribution in [0.25, 0.3) is 0 Å². The first-order valence-electron chi connectivity index (χ1n) is 3.48. The van der Waals surface area contributed by atoms with Crippen molar-refractivity contribution in [3.63, 3.8) is 0 Å². The predicted molar refractivity (Wildman–Crippen MR) is 43.3 cm³/mol. The van der Waals surface area contributed by atoms with Crippen LogP contribution in [0.1, 0.15) is 0 Å². The summed E-state index contributed by atoms with van der Waals surface area (Å²) in [4.78, 5) is 2.06. The molecule has 0 aliphatic carbocycles. The zero-order valence-electron chi connectivity index (χ0n) is 6.31. The molecule has 0 saturated heterocycles. The van der Waals surface area contributed by atoms with Gasteiger partial charge in [-0.3, -0.25) is 0 Å². The monoisotopic (exact) mass is 150 g/mol. The number of hydrogen-bond donors (Lipinski definition) is 1. The van der Waals surface area contributed by atoms with E-state index in [1.165, 1.54) is 0 Å². The fraction of sp³-hybridized carbons (Fsp3) is 0.286. The van der Waals surface area contributed by atoms with Crippen molar-refractivity contribution in [3.05, 3.63) is 24.6 Å². The lowest BCUT2D eigenvalue weighted by molar-refractivity contribution is 0.227. The molecular weight excluding hydrogens is 140 g/mol. The summed E-state index contributed by atoms with van der Waals surface area (Å²) in [5.74, 6) is 0.557. The quantitative estimate of drug-likeness (QED) is 0.523. The maximum Gasteiger partial charge on any atom is 0.143 e. The number of fused-ring (bicyclic) bond motifs is 1. The lowest BCUT2D eigenvalue weighted by Crippen LogP contribution is -2.35. The zero-order chi connectivity index (χ0) is 7.84. The second-order valence-electron chi connectivity index (χ2n) is 2.64. The van der Waals surface area contributed by atoms with Crippen LogP contribution in [-0.4, -0.2) is 29.0 Å². The standard InChI is InChI=1S/C7H10N4/c1-10-4-5-11-7(10)3-2-6(8)9-11/h2-5,7H,1H3,(H2,8,9). The van der Waals surface area contributed by atoms with Gasteiger partial charge in [-0.05, 0) is 12.2 Å². The summed E-state index contributed by atoms with van der Waals surface area (Å²) in [7, 11) is 2.00. The molecule has 4 nitrogen and oxygen atoms in total. The molecule has 0 amide bonds. The first-order chi connectivity index (χ1) is 5.27. The fourth-order valence-corrected chi connectivity index (χ4v) is 1.20. The van der Waals surface area contributed by atoms with Crippen LogP contribution < -0.4 is 5.73 Å². The molecule has 0 aromatic heterocycles. The van der Waals surface area contributed by atoms with Gasteiger partial charge in [0.2, 0.25) is 0 Å².